The highest BCUT2D eigenvalue weighted by atomic mass is 35.5. The van der Waals surface area contributed by atoms with E-state index in [1.807, 2.05) is 19.1 Å². The van der Waals surface area contributed by atoms with Crippen molar-refractivity contribution < 1.29 is 14.7 Å². The molecule has 0 aliphatic carbocycles. The number of rotatable bonds is 8. The molecule has 0 aliphatic heterocycles. The van der Waals surface area contributed by atoms with Crippen molar-refractivity contribution in [1.29, 1.82) is 0 Å². The molecule has 116 valence electrons. The maximum absolute atomic E-state index is 11.9. The molecule has 0 radical (unpaired) electrons. The summed E-state index contributed by atoms with van der Waals surface area (Å²) in [6.07, 6.45) is 1.39. The second kappa shape index (κ2) is 8.29. The molecule has 1 unspecified atom stereocenters. The first-order valence-electron chi connectivity index (χ1n) is 6.80. The number of carbonyl (C=O) groups is 2. The van der Waals surface area contributed by atoms with E-state index in [2.05, 4.69) is 5.32 Å². The zero-order valence-corrected chi connectivity index (χ0v) is 13.8. The lowest BCUT2D eigenvalue weighted by molar-refractivity contribution is -0.147. The van der Waals surface area contributed by atoms with E-state index in [4.69, 9.17) is 11.6 Å². The minimum absolute atomic E-state index is 0.241. The summed E-state index contributed by atoms with van der Waals surface area (Å²) in [4.78, 5) is 24.1. The number of hydrogen-bond donors (Lipinski definition) is 2. The highest BCUT2D eigenvalue weighted by Crippen LogP contribution is 2.21. The molecule has 0 spiro atoms. The minimum atomic E-state index is -1.18. The van der Waals surface area contributed by atoms with E-state index >= 15 is 0 Å². The second-order valence-electron chi connectivity index (χ2n) is 4.99. The molecule has 1 amide bonds. The van der Waals surface area contributed by atoms with Crippen LogP contribution in [0.1, 0.15) is 33.1 Å². The van der Waals surface area contributed by atoms with Crippen molar-refractivity contribution in [2.45, 2.75) is 43.5 Å². The van der Waals surface area contributed by atoms with Crippen LogP contribution in [0.2, 0.25) is 5.02 Å². The van der Waals surface area contributed by atoms with Gasteiger partial charge in [-0.05, 0) is 37.6 Å². The van der Waals surface area contributed by atoms with Crippen molar-refractivity contribution in [1.82, 2.24) is 5.32 Å². The summed E-state index contributed by atoms with van der Waals surface area (Å²) in [6.45, 7) is 3.44. The van der Waals surface area contributed by atoms with Gasteiger partial charge in [-0.1, -0.05) is 24.9 Å². The standard InChI is InChI=1S/C15H20ClNO3S/c1-3-9-15(2,14(19)20)17-13(18)8-10-21-12-6-4-11(16)5-7-12/h4-7H,3,8-10H2,1-2H3,(H,17,18)(H,19,20). The van der Waals surface area contributed by atoms with Gasteiger partial charge in [-0.3, -0.25) is 4.79 Å². The van der Waals surface area contributed by atoms with Gasteiger partial charge in [0.2, 0.25) is 5.91 Å². The van der Waals surface area contributed by atoms with E-state index in [9.17, 15) is 14.7 Å². The molecule has 0 saturated carbocycles. The van der Waals surface area contributed by atoms with Crippen molar-refractivity contribution in [2.75, 3.05) is 5.75 Å². The van der Waals surface area contributed by atoms with Crippen LogP contribution < -0.4 is 5.32 Å². The molecular formula is C15H20ClNO3S. The van der Waals surface area contributed by atoms with E-state index in [0.29, 0.717) is 23.6 Å². The SMILES string of the molecule is CCCC(C)(NC(=O)CCSc1ccc(Cl)cc1)C(=O)O. The molecule has 2 N–H and O–H groups in total. The van der Waals surface area contributed by atoms with Crippen molar-refractivity contribution in [2.24, 2.45) is 0 Å². The lowest BCUT2D eigenvalue weighted by Gasteiger charge is -2.25. The van der Waals surface area contributed by atoms with Crippen molar-refractivity contribution >= 4 is 35.2 Å². The van der Waals surface area contributed by atoms with Crippen molar-refractivity contribution in [3.8, 4) is 0 Å². The van der Waals surface area contributed by atoms with Gasteiger partial charge in [0.05, 0.1) is 0 Å². The summed E-state index contributed by atoms with van der Waals surface area (Å²) in [5, 5.41) is 12.5. The largest absolute Gasteiger partial charge is 0.480 e. The summed E-state index contributed by atoms with van der Waals surface area (Å²) >= 11 is 7.34. The van der Waals surface area contributed by atoms with Crippen LogP contribution in [-0.4, -0.2) is 28.3 Å². The summed E-state index contributed by atoms with van der Waals surface area (Å²) in [5.41, 5.74) is -1.18. The lowest BCUT2D eigenvalue weighted by Crippen LogP contribution is -2.52. The van der Waals surface area contributed by atoms with Gasteiger partial charge in [-0.2, -0.15) is 0 Å². The lowest BCUT2D eigenvalue weighted by atomic mass is 9.96. The Morgan fingerprint density at radius 1 is 1.33 bits per heavy atom. The molecule has 4 nitrogen and oxygen atoms in total. The molecule has 1 aromatic carbocycles. The molecule has 0 saturated heterocycles. The van der Waals surface area contributed by atoms with E-state index in [1.165, 1.54) is 11.8 Å². The van der Waals surface area contributed by atoms with Crippen molar-refractivity contribution in [3.05, 3.63) is 29.3 Å². The molecule has 1 atom stereocenters. The molecule has 0 heterocycles. The van der Waals surface area contributed by atoms with Gasteiger partial charge >= 0.3 is 5.97 Å². The fourth-order valence-electron chi connectivity index (χ4n) is 1.89. The van der Waals surface area contributed by atoms with Crippen LogP contribution in [0, 0.1) is 0 Å². The number of carboxylic acid groups (broad SMARTS) is 1. The fraction of sp³-hybridized carbons (Fsp3) is 0.467. The van der Waals surface area contributed by atoms with Crippen LogP contribution >= 0.6 is 23.4 Å². The minimum Gasteiger partial charge on any atom is -0.480 e. The number of nitrogens with one attached hydrogen (secondary N) is 1. The number of carbonyl (C=O) groups excluding carboxylic acids is 1. The van der Waals surface area contributed by atoms with E-state index in [1.54, 1.807) is 19.1 Å². The predicted molar refractivity (Wildman–Crippen MR) is 85.9 cm³/mol. The van der Waals surface area contributed by atoms with Gasteiger partial charge < -0.3 is 10.4 Å². The van der Waals surface area contributed by atoms with Gasteiger partial charge in [-0.15, -0.1) is 11.8 Å². The number of benzene rings is 1. The van der Waals surface area contributed by atoms with E-state index < -0.39 is 11.5 Å². The van der Waals surface area contributed by atoms with Gasteiger partial charge in [-0.25, -0.2) is 4.79 Å². The number of amides is 1. The Morgan fingerprint density at radius 2 is 1.95 bits per heavy atom. The van der Waals surface area contributed by atoms with E-state index in [-0.39, 0.29) is 12.3 Å². The highest BCUT2D eigenvalue weighted by Gasteiger charge is 2.33. The fourth-order valence-corrected chi connectivity index (χ4v) is 2.86. The topological polar surface area (TPSA) is 66.4 Å². The molecule has 6 heteroatoms. The number of halogens is 1. The predicted octanol–water partition coefficient (Wildman–Crippen LogP) is 3.58. The number of thioether (sulfide) groups is 1. The Bertz CT molecular complexity index is 492. The van der Waals surface area contributed by atoms with Gasteiger partial charge in [0.25, 0.3) is 0 Å². The first-order valence-corrected chi connectivity index (χ1v) is 8.16. The molecule has 1 rings (SSSR count). The zero-order valence-electron chi connectivity index (χ0n) is 12.2. The van der Waals surface area contributed by atoms with Gasteiger partial charge in [0.1, 0.15) is 5.54 Å². The Balaban J connectivity index is 2.43. The normalized spacial score (nSPS) is 13.5. The monoisotopic (exact) mass is 329 g/mol. The Hall–Kier alpha value is -1.20. The Labute approximate surface area is 134 Å². The van der Waals surface area contributed by atoms with E-state index in [0.717, 1.165) is 4.90 Å². The Kier molecular flexibility index (Phi) is 7.05. The maximum Gasteiger partial charge on any atom is 0.329 e. The van der Waals surface area contributed by atoms with Gasteiger partial charge in [0, 0.05) is 22.1 Å². The smallest absolute Gasteiger partial charge is 0.329 e. The molecule has 0 bridgehead atoms. The number of hydrogen-bond acceptors (Lipinski definition) is 3. The van der Waals surface area contributed by atoms with Crippen LogP contribution in [0.3, 0.4) is 0 Å². The second-order valence-corrected chi connectivity index (χ2v) is 6.59. The number of aliphatic carboxylic acids is 1. The third-order valence-corrected chi connectivity index (χ3v) is 4.31. The summed E-state index contributed by atoms with van der Waals surface area (Å²) in [5.74, 6) is -0.646. The highest BCUT2D eigenvalue weighted by molar-refractivity contribution is 7.99. The molecule has 0 aromatic heterocycles. The first kappa shape index (κ1) is 17.9. The Morgan fingerprint density at radius 3 is 2.48 bits per heavy atom. The zero-order chi connectivity index (χ0) is 15.9. The molecule has 0 fully saturated rings. The first-order chi connectivity index (χ1) is 9.87. The quantitative estimate of drug-likeness (QED) is 0.715. The molecule has 0 aliphatic rings. The van der Waals surface area contributed by atoms with Crippen LogP contribution in [0.25, 0.3) is 0 Å². The summed E-state index contributed by atoms with van der Waals surface area (Å²) < 4.78 is 0. The average Bonchev–Trinajstić information content (AvgIpc) is 2.41. The van der Waals surface area contributed by atoms with Crippen LogP contribution in [-0.2, 0) is 9.59 Å². The maximum atomic E-state index is 11.9. The summed E-state index contributed by atoms with van der Waals surface area (Å²) in [6, 6.07) is 7.38. The molecular weight excluding hydrogens is 310 g/mol. The van der Waals surface area contributed by atoms with Crippen LogP contribution in [0.15, 0.2) is 29.2 Å². The molecule has 21 heavy (non-hydrogen) atoms. The third kappa shape index (κ3) is 5.98. The third-order valence-electron chi connectivity index (χ3n) is 3.05. The molecule has 1 aromatic rings. The van der Waals surface area contributed by atoms with Gasteiger partial charge in [0.15, 0.2) is 0 Å². The number of carboxylic acids is 1. The summed E-state index contributed by atoms with van der Waals surface area (Å²) in [7, 11) is 0. The van der Waals surface area contributed by atoms with Crippen molar-refractivity contribution in [3.63, 3.8) is 0 Å². The van der Waals surface area contributed by atoms with Crippen LogP contribution in [0.5, 0.6) is 0 Å². The van der Waals surface area contributed by atoms with Crippen LogP contribution in [0.4, 0.5) is 0 Å². The average molecular weight is 330 g/mol.